The summed E-state index contributed by atoms with van der Waals surface area (Å²) < 4.78 is 6.43. The molecular weight excluding hydrogens is 256 g/mol. The van der Waals surface area contributed by atoms with Crippen molar-refractivity contribution in [3.63, 3.8) is 0 Å². The van der Waals surface area contributed by atoms with Gasteiger partial charge < -0.3 is 4.74 Å². The fourth-order valence-corrected chi connectivity index (χ4v) is 2.92. The highest BCUT2D eigenvalue weighted by atomic mass is 16.5. The van der Waals surface area contributed by atoms with E-state index in [4.69, 9.17) is 4.74 Å². The fourth-order valence-electron chi connectivity index (χ4n) is 2.92. The monoisotopic (exact) mass is 272 g/mol. The second kappa shape index (κ2) is 4.49. The van der Waals surface area contributed by atoms with E-state index in [9.17, 15) is 0 Å². The van der Waals surface area contributed by atoms with Gasteiger partial charge in [-0.15, -0.1) is 0 Å². The van der Waals surface area contributed by atoms with Gasteiger partial charge in [-0.25, -0.2) is 0 Å². The summed E-state index contributed by atoms with van der Waals surface area (Å²) in [7, 11) is 0. The van der Waals surface area contributed by atoms with Crippen LogP contribution in [0.5, 0.6) is 5.75 Å². The summed E-state index contributed by atoms with van der Waals surface area (Å²) in [5.41, 5.74) is 1.89. The van der Waals surface area contributed by atoms with Gasteiger partial charge in [0.05, 0.1) is 0 Å². The molecule has 0 aliphatic carbocycles. The SMILES string of the molecule is C[C@@]1(c2ccccc2)C=Cc2ccc3ccccc3c2O1. The van der Waals surface area contributed by atoms with Gasteiger partial charge in [-0.1, -0.05) is 72.8 Å². The molecule has 0 fully saturated rings. The first-order valence-corrected chi connectivity index (χ1v) is 7.22. The van der Waals surface area contributed by atoms with E-state index < -0.39 is 5.60 Å². The minimum absolute atomic E-state index is 0.418. The smallest absolute Gasteiger partial charge is 0.150 e. The highest BCUT2D eigenvalue weighted by molar-refractivity contribution is 5.92. The molecule has 0 aromatic heterocycles. The molecule has 3 aromatic carbocycles. The minimum Gasteiger partial charge on any atom is -0.477 e. The molecule has 1 nitrogen and oxygen atoms in total. The first kappa shape index (κ1) is 12.2. The molecule has 0 unspecified atom stereocenters. The lowest BCUT2D eigenvalue weighted by Crippen LogP contribution is -2.29. The summed E-state index contributed by atoms with van der Waals surface area (Å²) in [6.45, 7) is 2.11. The summed E-state index contributed by atoms with van der Waals surface area (Å²) in [6, 6.07) is 23.0. The van der Waals surface area contributed by atoms with E-state index in [1.807, 2.05) is 6.07 Å². The van der Waals surface area contributed by atoms with Gasteiger partial charge in [0.1, 0.15) is 11.4 Å². The lowest BCUT2D eigenvalue weighted by molar-refractivity contribution is 0.140. The maximum absolute atomic E-state index is 6.43. The summed E-state index contributed by atoms with van der Waals surface area (Å²) in [4.78, 5) is 0. The Morgan fingerprint density at radius 2 is 1.57 bits per heavy atom. The Kier molecular flexibility index (Phi) is 2.61. The molecule has 1 aliphatic heterocycles. The third-order valence-electron chi connectivity index (χ3n) is 4.15. The van der Waals surface area contributed by atoms with Crippen LogP contribution in [0.3, 0.4) is 0 Å². The normalized spacial score (nSPS) is 20.0. The van der Waals surface area contributed by atoms with Crippen molar-refractivity contribution in [3.8, 4) is 5.75 Å². The lowest BCUT2D eigenvalue weighted by atomic mass is 9.91. The Morgan fingerprint density at radius 1 is 0.810 bits per heavy atom. The van der Waals surface area contributed by atoms with Crippen molar-refractivity contribution in [1.82, 2.24) is 0 Å². The van der Waals surface area contributed by atoms with Crippen LogP contribution in [-0.4, -0.2) is 0 Å². The predicted molar refractivity (Wildman–Crippen MR) is 87.4 cm³/mol. The second-order valence-electron chi connectivity index (χ2n) is 5.61. The van der Waals surface area contributed by atoms with Crippen LogP contribution in [0, 0.1) is 0 Å². The van der Waals surface area contributed by atoms with Crippen LogP contribution in [0.15, 0.2) is 72.8 Å². The van der Waals surface area contributed by atoms with E-state index in [-0.39, 0.29) is 0 Å². The Morgan fingerprint density at radius 3 is 2.43 bits per heavy atom. The van der Waals surface area contributed by atoms with Crippen molar-refractivity contribution in [1.29, 1.82) is 0 Å². The molecule has 102 valence electrons. The van der Waals surface area contributed by atoms with Crippen molar-refractivity contribution in [2.24, 2.45) is 0 Å². The van der Waals surface area contributed by atoms with Gasteiger partial charge in [-0.3, -0.25) is 0 Å². The summed E-state index contributed by atoms with van der Waals surface area (Å²) in [5, 5.41) is 2.38. The first-order valence-electron chi connectivity index (χ1n) is 7.22. The zero-order chi connectivity index (χ0) is 14.3. The quantitative estimate of drug-likeness (QED) is 0.594. The Labute approximate surface area is 124 Å². The molecule has 21 heavy (non-hydrogen) atoms. The van der Waals surface area contributed by atoms with Gasteiger partial charge in [0.15, 0.2) is 0 Å². The maximum Gasteiger partial charge on any atom is 0.150 e. The third kappa shape index (κ3) is 1.93. The summed E-state index contributed by atoms with van der Waals surface area (Å²) >= 11 is 0. The summed E-state index contributed by atoms with van der Waals surface area (Å²) in [6.07, 6.45) is 4.30. The van der Waals surface area contributed by atoms with Crippen LogP contribution in [0.1, 0.15) is 18.1 Å². The van der Waals surface area contributed by atoms with Crippen LogP contribution in [0.25, 0.3) is 16.8 Å². The van der Waals surface area contributed by atoms with E-state index in [2.05, 4.69) is 79.7 Å². The van der Waals surface area contributed by atoms with Crippen LogP contribution in [0.4, 0.5) is 0 Å². The van der Waals surface area contributed by atoms with Gasteiger partial charge >= 0.3 is 0 Å². The molecule has 4 rings (SSSR count). The standard InChI is InChI=1S/C20H16O/c1-20(17-8-3-2-4-9-17)14-13-16-12-11-15-7-5-6-10-18(15)19(16)21-20/h2-14H,1H3/t20-/m0/s1. The first-order chi connectivity index (χ1) is 10.3. The molecule has 0 bridgehead atoms. The van der Waals surface area contributed by atoms with Crippen LogP contribution in [-0.2, 0) is 5.60 Å². The summed E-state index contributed by atoms with van der Waals surface area (Å²) in [5.74, 6) is 0.974. The maximum atomic E-state index is 6.43. The number of hydrogen-bond donors (Lipinski definition) is 0. The molecule has 0 saturated heterocycles. The molecule has 3 aromatic rings. The van der Waals surface area contributed by atoms with Crippen molar-refractivity contribution >= 4 is 16.8 Å². The predicted octanol–water partition coefficient (Wildman–Crippen LogP) is 5.16. The fraction of sp³-hybridized carbons (Fsp3) is 0.100. The molecule has 1 heterocycles. The van der Waals surface area contributed by atoms with Gasteiger partial charge in [0.25, 0.3) is 0 Å². The highest BCUT2D eigenvalue weighted by Gasteiger charge is 2.30. The van der Waals surface area contributed by atoms with Crippen molar-refractivity contribution in [2.45, 2.75) is 12.5 Å². The van der Waals surface area contributed by atoms with E-state index in [1.165, 1.54) is 16.3 Å². The largest absolute Gasteiger partial charge is 0.477 e. The van der Waals surface area contributed by atoms with Gasteiger partial charge in [0, 0.05) is 10.9 Å². The van der Waals surface area contributed by atoms with E-state index >= 15 is 0 Å². The topological polar surface area (TPSA) is 9.23 Å². The van der Waals surface area contributed by atoms with Gasteiger partial charge in [0.2, 0.25) is 0 Å². The number of fused-ring (bicyclic) bond motifs is 3. The van der Waals surface area contributed by atoms with E-state index in [0.717, 1.165) is 11.3 Å². The molecule has 1 aliphatic rings. The lowest BCUT2D eigenvalue weighted by Gasteiger charge is -2.32. The van der Waals surface area contributed by atoms with Gasteiger partial charge in [-0.05, 0) is 23.9 Å². The van der Waals surface area contributed by atoms with Crippen LogP contribution < -0.4 is 4.74 Å². The zero-order valence-electron chi connectivity index (χ0n) is 11.9. The van der Waals surface area contributed by atoms with Crippen LogP contribution >= 0.6 is 0 Å². The minimum atomic E-state index is -0.418. The molecule has 1 atom stereocenters. The average molecular weight is 272 g/mol. The zero-order valence-corrected chi connectivity index (χ0v) is 11.9. The molecule has 0 radical (unpaired) electrons. The molecule has 0 amide bonds. The molecule has 0 N–H and O–H groups in total. The van der Waals surface area contributed by atoms with Crippen molar-refractivity contribution in [3.05, 3.63) is 83.9 Å². The van der Waals surface area contributed by atoms with E-state index in [1.54, 1.807) is 0 Å². The molecule has 1 heteroatoms. The number of benzene rings is 3. The molecule has 0 saturated carbocycles. The van der Waals surface area contributed by atoms with E-state index in [0.29, 0.717) is 0 Å². The highest BCUT2D eigenvalue weighted by Crippen LogP contribution is 2.41. The number of rotatable bonds is 1. The Bertz CT molecular complexity index is 833. The number of hydrogen-bond acceptors (Lipinski definition) is 1. The Balaban J connectivity index is 1.90. The second-order valence-corrected chi connectivity index (χ2v) is 5.61. The molecular formula is C20H16O. The van der Waals surface area contributed by atoms with Crippen molar-refractivity contribution < 1.29 is 4.74 Å². The average Bonchev–Trinajstić information content (AvgIpc) is 2.55. The van der Waals surface area contributed by atoms with Crippen molar-refractivity contribution in [2.75, 3.05) is 0 Å². The third-order valence-corrected chi connectivity index (χ3v) is 4.15. The van der Waals surface area contributed by atoms with Gasteiger partial charge in [-0.2, -0.15) is 0 Å². The number of ether oxygens (including phenoxy) is 1. The van der Waals surface area contributed by atoms with Crippen LogP contribution in [0.2, 0.25) is 0 Å². The molecule has 0 spiro atoms. The Hall–Kier alpha value is -2.54.